The zero-order valence-electron chi connectivity index (χ0n) is 10.2. The second-order valence-corrected chi connectivity index (χ2v) is 5.18. The van der Waals surface area contributed by atoms with Crippen LogP contribution in [0.15, 0.2) is 33.3 Å². The SMILES string of the molecule is Brc1ccccc1OCc1nc(C2CCOC2)no1. The van der Waals surface area contributed by atoms with E-state index in [4.69, 9.17) is 14.0 Å². The van der Waals surface area contributed by atoms with Gasteiger partial charge in [-0.25, -0.2) is 0 Å². The van der Waals surface area contributed by atoms with Crippen LogP contribution in [0.4, 0.5) is 0 Å². The molecule has 3 rings (SSSR count). The van der Waals surface area contributed by atoms with E-state index in [1.807, 2.05) is 24.3 Å². The summed E-state index contributed by atoms with van der Waals surface area (Å²) < 4.78 is 17.0. The van der Waals surface area contributed by atoms with Gasteiger partial charge >= 0.3 is 0 Å². The summed E-state index contributed by atoms with van der Waals surface area (Å²) in [6, 6.07) is 7.65. The van der Waals surface area contributed by atoms with Crippen molar-refractivity contribution in [1.29, 1.82) is 0 Å². The second-order valence-electron chi connectivity index (χ2n) is 4.33. The lowest BCUT2D eigenvalue weighted by Crippen LogP contribution is -2.01. The Morgan fingerprint density at radius 1 is 1.37 bits per heavy atom. The van der Waals surface area contributed by atoms with Gasteiger partial charge in [-0.05, 0) is 34.5 Å². The molecular formula is C13H13BrN2O3. The summed E-state index contributed by atoms with van der Waals surface area (Å²) in [4.78, 5) is 4.34. The number of aromatic nitrogens is 2. The standard InChI is InChI=1S/C13H13BrN2O3/c14-10-3-1-2-4-11(10)18-8-12-15-13(16-19-12)9-5-6-17-7-9/h1-4,9H,5-8H2. The fourth-order valence-corrected chi connectivity index (χ4v) is 2.33. The molecule has 0 spiro atoms. The molecule has 1 aliphatic heterocycles. The van der Waals surface area contributed by atoms with Crippen LogP contribution in [-0.2, 0) is 11.3 Å². The van der Waals surface area contributed by atoms with Crippen LogP contribution in [0, 0.1) is 0 Å². The minimum atomic E-state index is 0.251. The minimum absolute atomic E-state index is 0.251. The van der Waals surface area contributed by atoms with E-state index in [0.717, 1.165) is 23.2 Å². The first-order chi connectivity index (χ1) is 9.33. The highest BCUT2D eigenvalue weighted by molar-refractivity contribution is 9.10. The van der Waals surface area contributed by atoms with Crippen LogP contribution in [0.2, 0.25) is 0 Å². The predicted molar refractivity (Wildman–Crippen MR) is 70.9 cm³/mol. The summed E-state index contributed by atoms with van der Waals surface area (Å²) in [7, 11) is 0. The van der Waals surface area contributed by atoms with Gasteiger partial charge in [0.2, 0.25) is 0 Å². The number of hydrogen-bond donors (Lipinski definition) is 0. The number of hydrogen-bond acceptors (Lipinski definition) is 5. The Hall–Kier alpha value is -1.40. The number of rotatable bonds is 4. The van der Waals surface area contributed by atoms with Gasteiger partial charge in [-0.3, -0.25) is 0 Å². The first kappa shape index (κ1) is 12.6. The molecule has 0 saturated carbocycles. The Kier molecular flexibility index (Phi) is 3.79. The zero-order chi connectivity index (χ0) is 13.1. The van der Waals surface area contributed by atoms with E-state index in [1.165, 1.54) is 0 Å². The lowest BCUT2D eigenvalue weighted by molar-refractivity contribution is 0.192. The Balaban J connectivity index is 1.63. The maximum absolute atomic E-state index is 5.62. The summed E-state index contributed by atoms with van der Waals surface area (Å²) in [5.74, 6) is 2.20. The zero-order valence-corrected chi connectivity index (χ0v) is 11.8. The van der Waals surface area contributed by atoms with E-state index in [0.29, 0.717) is 18.3 Å². The normalized spacial score (nSPS) is 18.7. The van der Waals surface area contributed by atoms with Crippen molar-refractivity contribution in [2.45, 2.75) is 18.9 Å². The smallest absolute Gasteiger partial charge is 0.264 e. The number of para-hydroxylation sites is 1. The van der Waals surface area contributed by atoms with Gasteiger partial charge in [-0.15, -0.1) is 0 Å². The third-order valence-corrected chi connectivity index (χ3v) is 3.62. The van der Waals surface area contributed by atoms with E-state index in [-0.39, 0.29) is 12.5 Å². The lowest BCUT2D eigenvalue weighted by atomic mass is 10.1. The van der Waals surface area contributed by atoms with Gasteiger partial charge < -0.3 is 14.0 Å². The van der Waals surface area contributed by atoms with Crippen molar-refractivity contribution in [3.8, 4) is 5.75 Å². The maximum Gasteiger partial charge on any atom is 0.264 e. The Morgan fingerprint density at radius 2 is 2.26 bits per heavy atom. The molecule has 1 saturated heterocycles. The first-order valence-corrected chi connectivity index (χ1v) is 6.90. The summed E-state index contributed by atoms with van der Waals surface area (Å²) in [6.45, 7) is 1.70. The van der Waals surface area contributed by atoms with Crippen LogP contribution >= 0.6 is 15.9 Å². The summed E-state index contributed by atoms with van der Waals surface area (Å²) in [5.41, 5.74) is 0. The largest absolute Gasteiger partial charge is 0.483 e. The second kappa shape index (κ2) is 5.71. The van der Waals surface area contributed by atoms with Gasteiger partial charge in [0.25, 0.3) is 5.89 Å². The molecular weight excluding hydrogens is 312 g/mol. The van der Waals surface area contributed by atoms with Crippen molar-refractivity contribution in [3.05, 3.63) is 40.5 Å². The fourth-order valence-electron chi connectivity index (χ4n) is 1.93. The van der Waals surface area contributed by atoms with Crippen LogP contribution in [0.1, 0.15) is 24.1 Å². The van der Waals surface area contributed by atoms with E-state index in [9.17, 15) is 0 Å². The molecule has 1 fully saturated rings. The highest BCUT2D eigenvalue weighted by Gasteiger charge is 2.23. The molecule has 19 heavy (non-hydrogen) atoms. The van der Waals surface area contributed by atoms with Crippen molar-refractivity contribution in [3.63, 3.8) is 0 Å². The number of nitrogens with zero attached hydrogens (tertiary/aromatic N) is 2. The molecule has 1 aromatic heterocycles. The molecule has 100 valence electrons. The van der Waals surface area contributed by atoms with Gasteiger partial charge in [-0.1, -0.05) is 17.3 Å². The number of halogens is 1. The van der Waals surface area contributed by atoms with Crippen molar-refractivity contribution < 1.29 is 14.0 Å². The van der Waals surface area contributed by atoms with Crippen LogP contribution in [-0.4, -0.2) is 23.4 Å². The highest BCUT2D eigenvalue weighted by atomic mass is 79.9. The van der Waals surface area contributed by atoms with Gasteiger partial charge in [0.1, 0.15) is 5.75 Å². The molecule has 0 radical (unpaired) electrons. The third kappa shape index (κ3) is 2.96. The molecule has 0 amide bonds. The lowest BCUT2D eigenvalue weighted by Gasteiger charge is -2.04. The summed E-state index contributed by atoms with van der Waals surface area (Å²) in [5, 5.41) is 3.98. The van der Waals surface area contributed by atoms with Crippen LogP contribution < -0.4 is 4.74 Å². The van der Waals surface area contributed by atoms with Gasteiger partial charge in [0.05, 0.1) is 11.1 Å². The van der Waals surface area contributed by atoms with E-state index in [1.54, 1.807) is 0 Å². The molecule has 6 heteroatoms. The Bertz CT molecular complexity index is 552. The molecule has 1 aromatic carbocycles. The van der Waals surface area contributed by atoms with Crippen molar-refractivity contribution in [2.75, 3.05) is 13.2 Å². The first-order valence-electron chi connectivity index (χ1n) is 6.10. The van der Waals surface area contributed by atoms with E-state index < -0.39 is 0 Å². The van der Waals surface area contributed by atoms with Crippen molar-refractivity contribution in [2.24, 2.45) is 0 Å². The molecule has 1 atom stereocenters. The predicted octanol–water partition coefficient (Wildman–Crippen LogP) is 2.92. The van der Waals surface area contributed by atoms with Crippen LogP contribution in [0.3, 0.4) is 0 Å². The van der Waals surface area contributed by atoms with Crippen molar-refractivity contribution >= 4 is 15.9 Å². The average Bonchev–Trinajstić information content (AvgIpc) is 3.09. The molecule has 5 nitrogen and oxygen atoms in total. The fraction of sp³-hybridized carbons (Fsp3) is 0.385. The van der Waals surface area contributed by atoms with E-state index in [2.05, 4.69) is 26.1 Å². The van der Waals surface area contributed by atoms with Gasteiger partial charge in [0, 0.05) is 12.5 Å². The van der Waals surface area contributed by atoms with Gasteiger partial charge in [0.15, 0.2) is 12.4 Å². The Labute approximate surface area is 119 Å². The molecule has 1 aliphatic rings. The van der Waals surface area contributed by atoms with Crippen molar-refractivity contribution in [1.82, 2.24) is 10.1 Å². The van der Waals surface area contributed by atoms with E-state index >= 15 is 0 Å². The molecule has 1 unspecified atom stereocenters. The third-order valence-electron chi connectivity index (χ3n) is 2.97. The Morgan fingerprint density at radius 3 is 3.05 bits per heavy atom. The average molecular weight is 325 g/mol. The minimum Gasteiger partial charge on any atom is -0.483 e. The monoisotopic (exact) mass is 324 g/mol. The van der Waals surface area contributed by atoms with Gasteiger partial charge in [-0.2, -0.15) is 4.98 Å². The molecule has 0 bridgehead atoms. The molecule has 2 heterocycles. The topological polar surface area (TPSA) is 57.4 Å². The summed E-state index contributed by atoms with van der Waals surface area (Å²) >= 11 is 3.42. The number of benzene rings is 1. The molecule has 0 aliphatic carbocycles. The van der Waals surface area contributed by atoms with Crippen LogP contribution in [0.25, 0.3) is 0 Å². The summed E-state index contributed by atoms with van der Waals surface area (Å²) in [6.07, 6.45) is 0.948. The van der Waals surface area contributed by atoms with Crippen LogP contribution in [0.5, 0.6) is 5.75 Å². The maximum atomic E-state index is 5.62. The molecule has 0 N–H and O–H groups in total. The number of ether oxygens (including phenoxy) is 2. The highest BCUT2D eigenvalue weighted by Crippen LogP contribution is 2.25. The quantitative estimate of drug-likeness (QED) is 0.865. The molecule has 2 aromatic rings.